The molecule has 11 atom stereocenters. The van der Waals surface area contributed by atoms with E-state index in [1.807, 2.05) is 6.08 Å². The van der Waals surface area contributed by atoms with Crippen molar-refractivity contribution in [3.05, 3.63) is 85.6 Å². The Labute approximate surface area is 283 Å². The van der Waals surface area contributed by atoms with Gasteiger partial charge in [0.25, 0.3) is 0 Å². The topological polar surface area (TPSA) is 55.3 Å². The largest absolute Gasteiger partial charge is 0.330 e. The highest BCUT2D eigenvalue weighted by atomic mass is 15.2. The van der Waals surface area contributed by atoms with Crippen molar-refractivity contribution in [3.63, 3.8) is 0 Å². The Morgan fingerprint density at radius 2 is 1.72 bits per heavy atom. The Morgan fingerprint density at radius 1 is 0.891 bits per heavy atom. The molecule has 4 N–H and O–H groups in total. The number of hydrogen-bond donors (Lipinski definition) is 2. The highest BCUT2D eigenvalue weighted by Crippen LogP contribution is 2.48. The number of fused-ring (bicyclic) bond motifs is 2. The zero-order valence-electron chi connectivity index (χ0n) is 29.2. The Morgan fingerprint density at radius 3 is 2.46 bits per heavy atom. The van der Waals surface area contributed by atoms with Crippen LogP contribution < -0.4 is 11.5 Å². The van der Waals surface area contributed by atoms with Crippen molar-refractivity contribution in [2.45, 2.75) is 109 Å². The molecule has 1 saturated carbocycles. The lowest BCUT2D eigenvalue weighted by Gasteiger charge is -2.53. The van der Waals surface area contributed by atoms with Crippen LogP contribution in [0.15, 0.2) is 85.6 Å². The molecular formula is C43H67N3. The van der Waals surface area contributed by atoms with Crippen molar-refractivity contribution in [2.24, 2.45) is 64.7 Å². The predicted octanol–water partition coefficient (Wildman–Crippen LogP) is 9.56. The Hall–Kier alpha value is -1.94. The fourth-order valence-electron chi connectivity index (χ4n) is 10.5. The van der Waals surface area contributed by atoms with Gasteiger partial charge in [0, 0.05) is 24.5 Å². The van der Waals surface area contributed by atoms with Gasteiger partial charge in [0.2, 0.25) is 0 Å². The van der Waals surface area contributed by atoms with Gasteiger partial charge in [-0.3, -0.25) is 4.90 Å². The van der Waals surface area contributed by atoms with Crippen molar-refractivity contribution >= 4 is 0 Å². The van der Waals surface area contributed by atoms with Crippen LogP contribution in [-0.2, 0) is 0 Å². The fraction of sp³-hybridized carbons (Fsp3) is 0.674. The second-order valence-corrected chi connectivity index (χ2v) is 15.7. The standard InChI is InChI=1S/C43H67N3/c1-4-15-33(29-44)17-13-22-37(30-45)42-31-46(43-26-14-21-35-20-9-10-24-40(35)43)38(27-32(3)39-23-11-12-25-41(39)42)28-36(16-5-2)34-18-7-6-8-19-34/h4-5,7,9,13-14,17-18,20-21,26,32-34,36-43H,1-2,6,8,10-12,15-16,19,22-25,27-31,44-45H2,3H3/b17-13+/t32?,33?,34?,36?,37?,38?,39?,40?,41?,42?,43-/m0/s1. The molecule has 1 saturated heterocycles. The quantitative estimate of drug-likeness (QED) is 0.189. The Balaban J connectivity index is 1.51. The minimum Gasteiger partial charge on any atom is -0.330 e. The van der Waals surface area contributed by atoms with Gasteiger partial charge in [-0.15, -0.1) is 13.2 Å². The van der Waals surface area contributed by atoms with Gasteiger partial charge in [-0.1, -0.05) is 86.6 Å². The van der Waals surface area contributed by atoms with Crippen LogP contribution >= 0.6 is 0 Å². The predicted molar refractivity (Wildman–Crippen MR) is 199 cm³/mol. The maximum atomic E-state index is 6.80. The average Bonchev–Trinajstić information content (AvgIpc) is 3.09. The highest BCUT2D eigenvalue weighted by molar-refractivity contribution is 5.35. The molecule has 1 heterocycles. The highest BCUT2D eigenvalue weighted by Gasteiger charge is 2.45. The Bertz CT molecular complexity index is 1110. The molecule has 0 spiro atoms. The van der Waals surface area contributed by atoms with Crippen molar-refractivity contribution in [1.29, 1.82) is 0 Å². The minimum atomic E-state index is 0.379. The van der Waals surface area contributed by atoms with Crippen LogP contribution in [0.4, 0.5) is 0 Å². The van der Waals surface area contributed by atoms with Crippen LogP contribution in [0, 0.1) is 53.3 Å². The molecule has 0 aromatic heterocycles. The van der Waals surface area contributed by atoms with E-state index in [0.717, 1.165) is 43.6 Å². The summed E-state index contributed by atoms with van der Waals surface area (Å²) in [6.45, 7) is 13.5. The van der Waals surface area contributed by atoms with Crippen LogP contribution in [-0.4, -0.2) is 36.6 Å². The lowest BCUT2D eigenvalue weighted by molar-refractivity contribution is -0.0215. The maximum absolute atomic E-state index is 6.80. The van der Waals surface area contributed by atoms with E-state index < -0.39 is 0 Å². The zero-order valence-corrected chi connectivity index (χ0v) is 29.2. The van der Waals surface area contributed by atoms with Gasteiger partial charge in [-0.25, -0.2) is 0 Å². The molecule has 10 unspecified atom stereocenters. The summed E-state index contributed by atoms with van der Waals surface area (Å²) in [5.41, 5.74) is 14.5. The summed E-state index contributed by atoms with van der Waals surface area (Å²) in [6, 6.07) is 1.06. The molecule has 5 aliphatic rings. The van der Waals surface area contributed by atoms with Gasteiger partial charge < -0.3 is 11.5 Å². The van der Waals surface area contributed by atoms with E-state index in [9.17, 15) is 0 Å². The molecule has 5 rings (SSSR count). The summed E-state index contributed by atoms with van der Waals surface area (Å²) in [6.07, 6.45) is 44.0. The van der Waals surface area contributed by atoms with Crippen LogP contribution in [0.5, 0.6) is 0 Å². The van der Waals surface area contributed by atoms with Gasteiger partial charge in [-0.2, -0.15) is 0 Å². The van der Waals surface area contributed by atoms with Crippen LogP contribution in [0.3, 0.4) is 0 Å². The number of rotatable bonds is 14. The van der Waals surface area contributed by atoms with Gasteiger partial charge in [0.15, 0.2) is 0 Å². The maximum Gasteiger partial charge on any atom is 0.0353 e. The van der Waals surface area contributed by atoms with E-state index in [-0.39, 0.29) is 0 Å². The van der Waals surface area contributed by atoms with Gasteiger partial charge in [0.05, 0.1) is 0 Å². The lowest BCUT2D eigenvalue weighted by atomic mass is 9.61. The summed E-state index contributed by atoms with van der Waals surface area (Å²) in [5.74, 6) is 5.79. The zero-order chi connectivity index (χ0) is 32.3. The summed E-state index contributed by atoms with van der Waals surface area (Å²) in [5, 5.41) is 0. The van der Waals surface area contributed by atoms with E-state index in [1.165, 1.54) is 77.2 Å². The van der Waals surface area contributed by atoms with Gasteiger partial charge >= 0.3 is 0 Å². The normalized spacial score (nSPS) is 35.3. The van der Waals surface area contributed by atoms with E-state index in [4.69, 9.17) is 11.5 Å². The molecule has 46 heavy (non-hydrogen) atoms. The third kappa shape index (κ3) is 8.74. The number of likely N-dealkylation sites (tertiary alicyclic amines) is 1. The number of nitrogens with zero attached hydrogens (tertiary/aromatic N) is 1. The van der Waals surface area contributed by atoms with Crippen LogP contribution in [0.25, 0.3) is 0 Å². The number of hydrogen-bond acceptors (Lipinski definition) is 3. The fourth-order valence-corrected chi connectivity index (χ4v) is 10.5. The molecule has 0 aromatic carbocycles. The second kappa shape index (κ2) is 18.0. The average molecular weight is 626 g/mol. The summed E-state index contributed by atoms with van der Waals surface area (Å²) in [4.78, 5) is 3.08. The van der Waals surface area contributed by atoms with Gasteiger partial charge in [0.1, 0.15) is 0 Å². The third-order valence-electron chi connectivity index (χ3n) is 12.9. The first kappa shape index (κ1) is 35.4. The molecule has 254 valence electrons. The Kier molecular flexibility index (Phi) is 13.8. The van der Waals surface area contributed by atoms with Crippen LogP contribution in [0.2, 0.25) is 0 Å². The SMILES string of the molecule is C=CCC(/C=C/CC(CN)C1CN([C@H]2C=CC=C3C=CCCC32)C(CC(CC=C)C2C=CCCC2)CC(C)C2CCCCC21)CN. The van der Waals surface area contributed by atoms with Gasteiger partial charge in [-0.05, 0) is 143 Å². The van der Waals surface area contributed by atoms with Crippen molar-refractivity contribution in [3.8, 4) is 0 Å². The second-order valence-electron chi connectivity index (χ2n) is 15.7. The molecule has 3 heteroatoms. The molecule has 0 amide bonds. The molecule has 2 fully saturated rings. The first-order chi connectivity index (χ1) is 22.6. The van der Waals surface area contributed by atoms with E-state index in [1.54, 1.807) is 5.57 Å². The van der Waals surface area contributed by atoms with Crippen LogP contribution in [0.1, 0.15) is 96.8 Å². The molecule has 0 bridgehead atoms. The van der Waals surface area contributed by atoms with Crippen molar-refractivity contribution < 1.29 is 0 Å². The summed E-state index contributed by atoms with van der Waals surface area (Å²) in [7, 11) is 0. The van der Waals surface area contributed by atoms with E-state index in [0.29, 0.717) is 54.1 Å². The first-order valence-corrected chi connectivity index (χ1v) is 19.3. The molecule has 4 aliphatic carbocycles. The van der Waals surface area contributed by atoms with Crippen molar-refractivity contribution in [2.75, 3.05) is 19.6 Å². The van der Waals surface area contributed by atoms with Crippen molar-refractivity contribution in [1.82, 2.24) is 4.90 Å². The monoisotopic (exact) mass is 626 g/mol. The summed E-state index contributed by atoms with van der Waals surface area (Å²) < 4.78 is 0. The molecule has 3 nitrogen and oxygen atoms in total. The molecule has 0 radical (unpaired) electrons. The number of nitrogens with two attached hydrogens (primary N) is 2. The third-order valence-corrected chi connectivity index (χ3v) is 12.9. The molecular weight excluding hydrogens is 558 g/mol. The summed E-state index contributed by atoms with van der Waals surface area (Å²) >= 11 is 0. The lowest BCUT2D eigenvalue weighted by Crippen LogP contribution is -2.55. The van der Waals surface area contributed by atoms with E-state index in [2.05, 4.69) is 85.7 Å². The first-order valence-electron chi connectivity index (χ1n) is 19.3. The smallest absolute Gasteiger partial charge is 0.0353 e. The van der Waals surface area contributed by atoms with E-state index >= 15 is 0 Å². The molecule has 0 aromatic rings. The minimum absolute atomic E-state index is 0.379. The molecule has 1 aliphatic heterocycles. The number of allylic oxidation sites excluding steroid dienone is 9.